The van der Waals surface area contributed by atoms with Gasteiger partial charge in [0.25, 0.3) is 5.91 Å². The second-order valence-corrected chi connectivity index (χ2v) is 11.8. The Labute approximate surface area is 272 Å². The number of hydrogen-bond donors (Lipinski definition) is 0. The number of anilines is 1. The van der Waals surface area contributed by atoms with Crippen LogP contribution in [0.4, 0.5) is 45.2 Å². The third-order valence-corrected chi connectivity index (χ3v) is 8.20. The van der Waals surface area contributed by atoms with Crippen molar-refractivity contribution in [3.8, 4) is 0 Å². The van der Waals surface area contributed by atoms with Gasteiger partial charge in [-0.2, -0.15) is 39.5 Å². The number of carbonyl (C=O) groups excluding carboxylic acids is 3. The molecule has 2 amide bonds. The van der Waals surface area contributed by atoms with Crippen molar-refractivity contribution in [2.24, 2.45) is 5.92 Å². The first kappa shape index (κ1) is 35.5. The van der Waals surface area contributed by atoms with Gasteiger partial charge in [-0.15, -0.1) is 0 Å². The van der Waals surface area contributed by atoms with Gasteiger partial charge in [0.05, 0.1) is 28.7 Å². The molecule has 0 radical (unpaired) electrons. The minimum absolute atomic E-state index is 0.0226. The normalized spacial score (nSPS) is 20.1. The largest absolute Gasteiger partial charge is 0.491 e. The van der Waals surface area contributed by atoms with Crippen LogP contribution in [0.2, 0.25) is 0 Å². The van der Waals surface area contributed by atoms with Crippen LogP contribution in [0.1, 0.15) is 47.3 Å². The molecule has 0 N–H and O–H groups in total. The van der Waals surface area contributed by atoms with Crippen molar-refractivity contribution < 1.29 is 58.6 Å². The third kappa shape index (κ3) is 7.17. The fourth-order valence-corrected chi connectivity index (χ4v) is 6.01. The van der Waals surface area contributed by atoms with Gasteiger partial charge >= 0.3 is 24.5 Å². The van der Waals surface area contributed by atoms with Crippen molar-refractivity contribution in [1.82, 2.24) is 19.4 Å². The summed E-state index contributed by atoms with van der Waals surface area (Å²) in [5.41, 5.74) is -2.81. The Hall–Kier alpha value is -4.77. The lowest BCUT2D eigenvalue weighted by Gasteiger charge is -2.57. The van der Waals surface area contributed by atoms with Crippen LogP contribution >= 0.6 is 0 Å². The Kier molecular flexibility index (Phi) is 9.37. The summed E-state index contributed by atoms with van der Waals surface area (Å²) in [5, 5.41) is 0. The van der Waals surface area contributed by atoms with Crippen molar-refractivity contribution in [3.05, 3.63) is 83.4 Å². The molecule has 2 unspecified atom stereocenters. The van der Waals surface area contributed by atoms with Gasteiger partial charge < -0.3 is 19.1 Å². The number of alkyl halides is 9. The zero-order chi connectivity index (χ0) is 36.1. The van der Waals surface area contributed by atoms with Gasteiger partial charge in [0, 0.05) is 32.0 Å². The van der Waals surface area contributed by atoms with E-state index in [0.717, 1.165) is 28.0 Å². The number of rotatable bonds is 8. The molecule has 9 nitrogen and oxygen atoms in total. The van der Waals surface area contributed by atoms with Crippen LogP contribution in [0.3, 0.4) is 0 Å². The quantitative estimate of drug-likeness (QED) is 0.208. The molecule has 5 rings (SSSR count). The Morgan fingerprint density at radius 3 is 2.06 bits per heavy atom. The predicted molar refractivity (Wildman–Crippen MR) is 152 cm³/mol. The van der Waals surface area contributed by atoms with Crippen molar-refractivity contribution >= 4 is 23.5 Å². The Morgan fingerprint density at radius 1 is 0.878 bits per heavy atom. The first-order valence-corrected chi connectivity index (χ1v) is 14.8. The van der Waals surface area contributed by atoms with Gasteiger partial charge in [-0.25, -0.2) is 9.78 Å². The van der Waals surface area contributed by atoms with E-state index in [1.165, 1.54) is 31.3 Å². The van der Waals surface area contributed by atoms with Crippen molar-refractivity contribution in [2.75, 3.05) is 11.4 Å². The van der Waals surface area contributed by atoms with E-state index in [-0.39, 0.29) is 30.8 Å². The second-order valence-electron chi connectivity index (χ2n) is 11.8. The molecule has 0 saturated carbocycles. The topological polar surface area (TPSA) is 88.0 Å². The van der Waals surface area contributed by atoms with Gasteiger partial charge in [-0.3, -0.25) is 14.5 Å². The fraction of sp³-hybridized carbons (Fsp3) is 0.419. The summed E-state index contributed by atoms with van der Waals surface area (Å²) in [5.74, 6) is -5.66. The smallest absolute Gasteiger partial charge is 0.430 e. The number of aryl methyl sites for hydroxylation is 1. The highest BCUT2D eigenvalue weighted by Gasteiger charge is 2.58. The summed E-state index contributed by atoms with van der Waals surface area (Å²) in [6.45, 7) is 2.49. The Morgan fingerprint density at radius 2 is 1.51 bits per heavy atom. The van der Waals surface area contributed by atoms with Gasteiger partial charge in [0.2, 0.25) is 12.1 Å². The standard InChI is InChI=1S/C31H28F9N5O4/c1-17(2)23-26(47)44(15-18-4-6-19(7-5-18)29(32,33)34)27(49-28(48)31(38,39)40)24-43(12-3-11-42-13-10-41-16-42)22-9-8-20(30(35,36)37)14-21(22)25(46)45(23)24/h4-10,13-14,16-17,23-24,27H,3,11-12,15H2,1-2H3/t23-,24?,27?/m0/s1. The number of nitrogens with zero attached hydrogens (tertiary/aromatic N) is 5. The summed E-state index contributed by atoms with van der Waals surface area (Å²) < 4.78 is 129. The molecule has 0 spiro atoms. The summed E-state index contributed by atoms with van der Waals surface area (Å²) in [7, 11) is 0. The molecule has 3 aromatic rings. The number of benzene rings is 2. The monoisotopic (exact) mass is 705 g/mol. The van der Waals surface area contributed by atoms with E-state index in [1.807, 2.05) is 0 Å². The zero-order valence-corrected chi connectivity index (χ0v) is 25.7. The number of fused-ring (bicyclic) bond motifs is 2. The van der Waals surface area contributed by atoms with Crippen LogP contribution in [0.15, 0.2) is 61.2 Å². The molecule has 18 heteroatoms. The lowest BCUT2D eigenvalue weighted by Crippen LogP contribution is -2.75. The van der Waals surface area contributed by atoms with Crippen LogP contribution in [-0.2, 0) is 39.8 Å². The summed E-state index contributed by atoms with van der Waals surface area (Å²) in [6.07, 6.45) is -14.3. The van der Waals surface area contributed by atoms with E-state index in [4.69, 9.17) is 4.74 Å². The van der Waals surface area contributed by atoms with E-state index in [2.05, 4.69) is 4.98 Å². The molecule has 0 bridgehead atoms. The lowest BCUT2D eigenvalue weighted by molar-refractivity contribution is -0.224. The van der Waals surface area contributed by atoms with Gasteiger partial charge in [0.15, 0.2) is 6.17 Å². The molecule has 2 aromatic carbocycles. The molecular formula is C31H28F9N5O4. The van der Waals surface area contributed by atoms with Crippen LogP contribution in [-0.4, -0.2) is 68.3 Å². The molecule has 0 aliphatic carbocycles. The fourth-order valence-electron chi connectivity index (χ4n) is 6.01. The average molecular weight is 706 g/mol. The van der Waals surface area contributed by atoms with Gasteiger partial charge in [-0.05, 0) is 48.2 Å². The van der Waals surface area contributed by atoms with Gasteiger partial charge in [0.1, 0.15) is 6.04 Å². The number of amides is 2. The number of hydrogen-bond acceptors (Lipinski definition) is 6. The maximum atomic E-state index is 14.1. The maximum Gasteiger partial charge on any atom is 0.491 e. The zero-order valence-electron chi connectivity index (χ0n) is 25.7. The van der Waals surface area contributed by atoms with Gasteiger partial charge in [-0.1, -0.05) is 26.0 Å². The summed E-state index contributed by atoms with van der Waals surface area (Å²) >= 11 is 0. The summed E-state index contributed by atoms with van der Waals surface area (Å²) in [4.78, 5) is 47.4. The van der Waals surface area contributed by atoms with E-state index >= 15 is 0 Å². The highest BCUT2D eigenvalue weighted by atomic mass is 19.4. The SMILES string of the molecule is CC(C)[C@H]1C(=O)N(Cc2ccc(C(F)(F)F)cc2)C(OC(=O)C(F)(F)F)C2N(CCCn3ccnc3)c3ccc(C(F)(F)F)cc3C(=O)N21. The molecule has 3 heterocycles. The second kappa shape index (κ2) is 12.9. The Balaban J connectivity index is 1.67. The average Bonchev–Trinajstić information content (AvgIpc) is 3.52. The first-order chi connectivity index (χ1) is 22.8. The number of imidazole rings is 1. The van der Waals surface area contributed by atoms with E-state index < -0.39 is 83.9 Å². The van der Waals surface area contributed by atoms with Crippen molar-refractivity contribution in [3.63, 3.8) is 0 Å². The molecule has 1 fully saturated rings. The van der Waals surface area contributed by atoms with Crippen LogP contribution in [0.5, 0.6) is 0 Å². The number of ether oxygens (including phenoxy) is 1. The van der Waals surface area contributed by atoms with Crippen molar-refractivity contribution in [2.45, 2.75) is 70.3 Å². The van der Waals surface area contributed by atoms with E-state index in [0.29, 0.717) is 24.3 Å². The van der Waals surface area contributed by atoms with Crippen LogP contribution < -0.4 is 4.90 Å². The number of aromatic nitrogens is 2. The maximum absolute atomic E-state index is 14.1. The Bertz CT molecular complexity index is 1690. The minimum Gasteiger partial charge on any atom is -0.430 e. The van der Waals surface area contributed by atoms with Crippen molar-refractivity contribution in [1.29, 1.82) is 0 Å². The molecule has 2 aliphatic heterocycles. The molecule has 3 atom stereocenters. The van der Waals surface area contributed by atoms with E-state index in [1.54, 1.807) is 10.8 Å². The number of halogens is 9. The molecule has 2 aliphatic rings. The highest BCUT2D eigenvalue weighted by Crippen LogP contribution is 2.43. The predicted octanol–water partition coefficient (Wildman–Crippen LogP) is 6.10. The lowest BCUT2D eigenvalue weighted by atomic mass is 9.91. The molecule has 1 saturated heterocycles. The summed E-state index contributed by atoms with van der Waals surface area (Å²) in [6, 6.07) is 4.16. The third-order valence-electron chi connectivity index (χ3n) is 8.20. The number of esters is 1. The number of carbonyl (C=O) groups is 3. The molecule has 264 valence electrons. The molecule has 1 aromatic heterocycles. The molecule has 49 heavy (non-hydrogen) atoms. The highest BCUT2D eigenvalue weighted by molar-refractivity contribution is 6.05. The van der Waals surface area contributed by atoms with E-state index in [9.17, 15) is 53.9 Å². The molecular weight excluding hydrogens is 677 g/mol. The number of piperazine rings is 1. The minimum atomic E-state index is -5.58. The van der Waals surface area contributed by atoms with Crippen LogP contribution in [0, 0.1) is 5.92 Å². The first-order valence-electron chi connectivity index (χ1n) is 14.8. The van der Waals surface area contributed by atoms with Crippen LogP contribution in [0.25, 0.3) is 0 Å².